The zero-order chi connectivity index (χ0) is 23.9. The highest BCUT2D eigenvalue weighted by molar-refractivity contribution is 5.99. The molecule has 2 atom stereocenters. The van der Waals surface area contributed by atoms with Gasteiger partial charge in [-0.25, -0.2) is 4.85 Å². The van der Waals surface area contributed by atoms with Gasteiger partial charge >= 0.3 is 0 Å². The van der Waals surface area contributed by atoms with Crippen molar-refractivity contribution >= 4 is 22.3 Å². The van der Waals surface area contributed by atoms with Crippen molar-refractivity contribution in [3.8, 4) is 22.3 Å². The molecule has 174 valence electrons. The molecule has 1 aliphatic carbocycles. The van der Waals surface area contributed by atoms with Crippen molar-refractivity contribution in [1.29, 1.82) is 0 Å². The van der Waals surface area contributed by atoms with Gasteiger partial charge in [-0.2, -0.15) is 0 Å². The Bertz CT molecular complexity index is 1410. The van der Waals surface area contributed by atoms with E-state index in [4.69, 9.17) is 16.3 Å². The Morgan fingerprint density at radius 3 is 2.17 bits per heavy atom. The molecule has 0 spiro atoms. The average Bonchev–Trinajstić information content (AvgIpc) is 3.72. The van der Waals surface area contributed by atoms with Crippen molar-refractivity contribution < 1.29 is 4.74 Å². The van der Waals surface area contributed by atoms with Crippen LogP contribution in [0.5, 0.6) is 0 Å². The number of pyridine rings is 1. The molecule has 2 aliphatic rings. The maximum atomic E-state index is 7.23. The molecule has 0 unspecified atom stereocenters. The Morgan fingerprint density at radius 2 is 1.51 bits per heavy atom. The van der Waals surface area contributed by atoms with Gasteiger partial charge in [-0.1, -0.05) is 54.6 Å². The van der Waals surface area contributed by atoms with Gasteiger partial charge in [0.2, 0.25) is 0 Å². The van der Waals surface area contributed by atoms with Crippen LogP contribution in [0.15, 0.2) is 72.9 Å². The quantitative estimate of drug-likeness (QED) is 0.294. The molecule has 1 aliphatic heterocycles. The Kier molecular flexibility index (Phi) is 5.51. The highest BCUT2D eigenvalue weighted by Gasteiger charge is 2.29. The summed E-state index contributed by atoms with van der Waals surface area (Å²) in [5, 5.41) is 1.25. The van der Waals surface area contributed by atoms with Crippen molar-refractivity contribution in [2.45, 2.75) is 44.8 Å². The number of aromatic nitrogens is 1. The third-order valence-corrected chi connectivity index (χ3v) is 7.20. The first-order chi connectivity index (χ1) is 17.1. The number of ether oxygens (including phenoxy) is 1. The summed E-state index contributed by atoms with van der Waals surface area (Å²) in [5.41, 5.74) is 9.08. The largest absolute Gasteiger partial charge is 0.372 e. The van der Waals surface area contributed by atoms with Crippen LogP contribution < -0.4 is 4.90 Å². The Balaban J connectivity index is 1.40. The predicted molar refractivity (Wildman–Crippen MR) is 143 cm³/mol. The number of benzene rings is 3. The molecule has 1 saturated carbocycles. The van der Waals surface area contributed by atoms with Crippen molar-refractivity contribution in [2.75, 3.05) is 18.0 Å². The van der Waals surface area contributed by atoms with E-state index in [1.807, 2.05) is 24.3 Å². The molecule has 6 rings (SSSR count). The predicted octanol–water partition coefficient (Wildman–Crippen LogP) is 7.61. The summed E-state index contributed by atoms with van der Waals surface area (Å²) in [6, 6.07) is 23.3. The molecule has 1 aromatic heterocycles. The molecule has 35 heavy (non-hydrogen) atoms. The molecule has 1 saturated heterocycles. The minimum Gasteiger partial charge on any atom is -0.372 e. The van der Waals surface area contributed by atoms with E-state index >= 15 is 0 Å². The summed E-state index contributed by atoms with van der Waals surface area (Å²) in [6.45, 7) is 13.4. The molecule has 0 amide bonds. The van der Waals surface area contributed by atoms with Gasteiger partial charge in [0, 0.05) is 41.5 Å². The van der Waals surface area contributed by atoms with Crippen LogP contribution in [-0.2, 0) is 4.74 Å². The number of nitrogens with zero attached hydrogens (tertiary/aromatic N) is 3. The molecule has 0 bridgehead atoms. The van der Waals surface area contributed by atoms with Gasteiger partial charge in [-0.05, 0) is 61.4 Å². The Hall–Kier alpha value is -3.68. The van der Waals surface area contributed by atoms with Crippen LogP contribution >= 0.6 is 0 Å². The van der Waals surface area contributed by atoms with Crippen molar-refractivity contribution in [2.24, 2.45) is 0 Å². The minimum atomic E-state index is 0.247. The molecular formula is C31H29N3O. The van der Waals surface area contributed by atoms with E-state index in [1.165, 1.54) is 40.6 Å². The highest BCUT2D eigenvalue weighted by atomic mass is 16.5. The van der Waals surface area contributed by atoms with E-state index in [0.29, 0.717) is 11.6 Å². The lowest BCUT2D eigenvalue weighted by Crippen LogP contribution is -2.45. The molecule has 0 N–H and O–H groups in total. The van der Waals surface area contributed by atoms with Gasteiger partial charge in [0.15, 0.2) is 5.69 Å². The molecule has 0 radical (unpaired) electrons. The monoisotopic (exact) mass is 459 g/mol. The van der Waals surface area contributed by atoms with E-state index in [0.717, 1.165) is 29.7 Å². The number of morpholine rings is 1. The standard InChI is InChI=1S/C31H29N3O/c1-20-18-34(19-21(2)35-20)26-15-11-23(12-16-26)29-17-33-31-27(22-9-13-25(32-3)14-10-22)5-4-6-28(31)30(29)24-7-8-24/h4-6,9-17,20-21,24H,7-8,18-19H2,1-2H3/t20-,21+. The van der Waals surface area contributed by atoms with Crippen LogP contribution in [0.4, 0.5) is 11.4 Å². The second-order valence-electron chi connectivity index (χ2n) is 9.93. The lowest BCUT2D eigenvalue weighted by atomic mass is 9.92. The molecule has 2 heterocycles. The lowest BCUT2D eigenvalue weighted by molar-refractivity contribution is -0.00521. The van der Waals surface area contributed by atoms with Crippen LogP contribution in [0, 0.1) is 6.57 Å². The fourth-order valence-corrected chi connectivity index (χ4v) is 5.47. The van der Waals surface area contributed by atoms with Crippen molar-refractivity contribution in [1.82, 2.24) is 4.98 Å². The zero-order valence-corrected chi connectivity index (χ0v) is 20.2. The van der Waals surface area contributed by atoms with Crippen molar-refractivity contribution in [3.05, 3.63) is 89.9 Å². The highest BCUT2D eigenvalue weighted by Crippen LogP contribution is 2.48. The van der Waals surface area contributed by atoms with Gasteiger partial charge in [-0.3, -0.25) is 4.98 Å². The molecule has 4 aromatic rings. The number of anilines is 1. The first kappa shape index (κ1) is 21.8. The van der Waals surface area contributed by atoms with Gasteiger partial charge < -0.3 is 9.64 Å². The summed E-state index contributed by atoms with van der Waals surface area (Å²) in [5.74, 6) is 0.593. The van der Waals surface area contributed by atoms with Crippen LogP contribution in [0.2, 0.25) is 0 Å². The summed E-state index contributed by atoms with van der Waals surface area (Å²) in [7, 11) is 0. The first-order valence-corrected chi connectivity index (χ1v) is 12.5. The number of hydrogen-bond donors (Lipinski definition) is 0. The van der Waals surface area contributed by atoms with E-state index in [2.05, 4.69) is 72.3 Å². The maximum Gasteiger partial charge on any atom is 0.187 e. The van der Waals surface area contributed by atoms with Crippen molar-refractivity contribution in [3.63, 3.8) is 0 Å². The zero-order valence-electron chi connectivity index (χ0n) is 20.2. The van der Waals surface area contributed by atoms with Crippen LogP contribution in [0.1, 0.15) is 38.2 Å². The Morgan fingerprint density at radius 1 is 0.857 bits per heavy atom. The Labute approximate surface area is 207 Å². The van der Waals surface area contributed by atoms with E-state index in [-0.39, 0.29) is 12.2 Å². The number of fused-ring (bicyclic) bond motifs is 1. The van der Waals surface area contributed by atoms with E-state index in [9.17, 15) is 0 Å². The average molecular weight is 460 g/mol. The molecule has 4 heteroatoms. The van der Waals surface area contributed by atoms with E-state index in [1.54, 1.807) is 0 Å². The fourth-order valence-electron chi connectivity index (χ4n) is 5.47. The van der Waals surface area contributed by atoms with Gasteiger partial charge in [0.1, 0.15) is 0 Å². The number of rotatable bonds is 4. The second kappa shape index (κ2) is 8.83. The third kappa shape index (κ3) is 4.17. The van der Waals surface area contributed by atoms with Gasteiger partial charge in [-0.15, -0.1) is 0 Å². The fraction of sp³-hybridized carbons (Fsp3) is 0.290. The van der Waals surface area contributed by atoms with Gasteiger partial charge in [0.25, 0.3) is 0 Å². The summed E-state index contributed by atoms with van der Waals surface area (Å²) in [4.78, 5) is 10.9. The summed E-state index contributed by atoms with van der Waals surface area (Å²) in [6.07, 6.45) is 5.03. The number of hydrogen-bond acceptors (Lipinski definition) is 3. The molecule has 4 nitrogen and oxygen atoms in total. The van der Waals surface area contributed by atoms with Crippen LogP contribution in [0.25, 0.3) is 38.0 Å². The van der Waals surface area contributed by atoms with Crippen LogP contribution in [0.3, 0.4) is 0 Å². The first-order valence-electron chi connectivity index (χ1n) is 12.5. The van der Waals surface area contributed by atoms with Gasteiger partial charge in [0.05, 0.1) is 24.3 Å². The molecule has 2 fully saturated rings. The molecular weight excluding hydrogens is 430 g/mol. The topological polar surface area (TPSA) is 29.7 Å². The normalized spacial score (nSPS) is 20.1. The minimum absolute atomic E-state index is 0.247. The second-order valence-corrected chi connectivity index (χ2v) is 9.93. The summed E-state index contributed by atoms with van der Waals surface area (Å²) < 4.78 is 5.91. The van der Waals surface area contributed by atoms with Crippen LogP contribution in [-0.4, -0.2) is 30.3 Å². The van der Waals surface area contributed by atoms with E-state index < -0.39 is 0 Å². The maximum absolute atomic E-state index is 7.23. The number of para-hydroxylation sites is 1. The third-order valence-electron chi connectivity index (χ3n) is 7.20. The SMILES string of the molecule is [C-]#[N+]c1ccc(-c2cccc3c(C4CC4)c(-c4ccc(N5C[C@@H](C)O[C@@H](C)C5)cc4)cnc23)cc1. The molecule has 3 aromatic carbocycles. The lowest BCUT2D eigenvalue weighted by Gasteiger charge is -2.37. The summed E-state index contributed by atoms with van der Waals surface area (Å²) >= 11 is 0. The smallest absolute Gasteiger partial charge is 0.187 e.